The van der Waals surface area contributed by atoms with Crippen LogP contribution in [-0.4, -0.2) is 42.7 Å². The van der Waals surface area contributed by atoms with Crippen LogP contribution < -0.4 is 0 Å². The number of rotatable bonds is 8. The van der Waals surface area contributed by atoms with Crippen LogP contribution in [0.5, 0.6) is 0 Å². The van der Waals surface area contributed by atoms with Crippen molar-refractivity contribution >= 4 is 68.6 Å². The molecule has 1 aliphatic heterocycles. The van der Waals surface area contributed by atoms with Crippen LogP contribution in [0.25, 0.3) is 28.2 Å². The van der Waals surface area contributed by atoms with Crippen LogP contribution in [0.1, 0.15) is 30.6 Å². The largest absolute Gasteiger partial charge is 0.481 e. The maximum atomic E-state index is 12.8. The predicted molar refractivity (Wildman–Crippen MR) is 129 cm³/mol. The Morgan fingerprint density at radius 2 is 1.90 bits per heavy atom. The molecule has 1 amide bonds. The lowest BCUT2D eigenvalue weighted by molar-refractivity contribution is -0.137. The van der Waals surface area contributed by atoms with E-state index in [9.17, 15) is 9.59 Å². The number of thiophene rings is 1. The molecule has 1 aromatic carbocycles. The number of nitrogens with zero attached hydrogens (tertiary/aromatic N) is 3. The Kier molecular flexibility index (Phi) is 6.74. The lowest BCUT2D eigenvalue weighted by atomic mass is 10.1. The summed E-state index contributed by atoms with van der Waals surface area (Å²) in [6.45, 7) is 0.523. The smallest absolute Gasteiger partial charge is 0.303 e. The third-order valence-electron chi connectivity index (χ3n) is 4.84. The molecule has 31 heavy (non-hydrogen) atoms. The van der Waals surface area contributed by atoms with Crippen LogP contribution in [0.3, 0.4) is 0 Å². The standard InChI is InChI=1S/C22H19N3O3S3/c26-20(27)4-2-1-3-9-25-21(28)19(31-22(25)29)12-16-10-15(13-30-16)14-5-6-17-18(11-14)24-8-7-23-17/h5-8,10-13H,1-4,9H2,(H,26,27)/b19-12-. The molecule has 6 nitrogen and oxygen atoms in total. The average molecular weight is 470 g/mol. The highest BCUT2D eigenvalue weighted by atomic mass is 32.2. The molecular formula is C22H19N3O3S3. The first-order valence-corrected chi connectivity index (χ1v) is 11.9. The number of thiocarbonyl (C=S) groups is 1. The van der Waals surface area contributed by atoms with Gasteiger partial charge in [0.15, 0.2) is 0 Å². The second-order valence-electron chi connectivity index (χ2n) is 7.04. The molecule has 0 aliphatic carbocycles. The minimum Gasteiger partial charge on any atom is -0.481 e. The van der Waals surface area contributed by atoms with Gasteiger partial charge in [0.2, 0.25) is 0 Å². The number of benzene rings is 1. The fourth-order valence-electron chi connectivity index (χ4n) is 3.27. The fourth-order valence-corrected chi connectivity index (χ4v) is 5.49. The van der Waals surface area contributed by atoms with E-state index in [1.54, 1.807) is 28.6 Å². The van der Waals surface area contributed by atoms with Gasteiger partial charge in [-0.1, -0.05) is 36.5 Å². The molecule has 4 rings (SSSR count). The molecule has 1 fully saturated rings. The van der Waals surface area contributed by atoms with E-state index in [1.165, 1.54) is 11.8 Å². The number of hydrogen-bond donors (Lipinski definition) is 1. The molecule has 158 valence electrons. The topological polar surface area (TPSA) is 83.4 Å². The normalized spacial score (nSPS) is 15.4. The molecule has 0 unspecified atom stereocenters. The highest BCUT2D eigenvalue weighted by molar-refractivity contribution is 8.26. The zero-order valence-corrected chi connectivity index (χ0v) is 18.9. The molecule has 3 heterocycles. The summed E-state index contributed by atoms with van der Waals surface area (Å²) in [6, 6.07) is 8.04. The second kappa shape index (κ2) is 9.67. The maximum absolute atomic E-state index is 12.8. The number of carbonyl (C=O) groups excluding carboxylic acids is 1. The molecule has 0 radical (unpaired) electrons. The van der Waals surface area contributed by atoms with Crippen molar-refractivity contribution in [1.29, 1.82) is 0 Å². The van der Waals surface area contributed by atoms with Crippen molar-refractivity contribution in [3.8, 4) is 11.1 Å². The first-order valence-electron chi connectivity index (χ1n) is 9.78. The first-order chi connectivity index (χ1) is 15.0. The summed E-state index contributed by atoms with van der Waals surface area (Å²) in [7, 11) is 0. The zero-order valence-electron chi connectivity index (χ0n) is 16.5. The summed E-state index contributed by atoms with van der Waals surface area (Å²) in [6.07, 6.45) is 7.50. The van der Waals surface area contributed by atoms with Gasteiger partial charge < -0.3 is 5.11 Å². The van der Waals surface area contributed by atoms with Crippen molar-refractivity contribution in [2.45, 2.75) is 25.7 Å². The van der Waals surface area contributed by atoms with E-state index in [1.807, 2.05) is 24.3 Å². The van der Waals surface area contributed by atoms with E-state index in [0.717, 1.165) is 39.9 Å². The molecule has 0 saturated carbocycles. The summed E-state index contributed by atoms with van der Waals surface area (Å²) in [5.74, 6) is -0.871. The summed E-state index contributed by atoms with van der Waals surface area (Å²) in [5.41, 5.74) is 3.82. The molecule has 0 atom stereocenters. The van der Waals surface area contributed by atoms with Gasteiger partial charge in [0.1, 0.15) is 4.32 Å². The Morgan fingerprint density at radius 3 is 2.71 bits per heavy atom. The Hall–Kier alpha value is -2.62. The number of fused-ring (bicyclic) bond motifs is 1. The molecule has 1 aliphatic rings. The van der Waals surface area contributed by atoms with Gasteiger partial charge in [-0.2, -0.15) is 0 Å². The number of aliphatic carboxylic acids is 1. The predicted octanol–water partition coefficient (Wildman–Crippen LogP) is 5.20. The summed E-state index contributed by atoms with van der Waals surface area (Å²) in [4.78, 5) is 35.2. The number of amides is 1. The van der Waals surface area contributed by atoms with Crippen LogP contribution in [0.4, 0.5) is 0 Å². The van der Waals surface area contributed by atoms with Crippen LogP contribution in [0.2, 0.25) is 0 Å². The Labute approximate surface area is 193 Å². The highest BCUT2D eigenvalue weighted by Gasteiger charge is 2.31. The van der Waals surface area contributed by atoms with Gasteiger partial charge in [0, 0.05) is 30.2 Å². The zero-order chi connectivity index (χ0) is 21.8. The van der Waals surface area contributed by atoms with Crippen molar-refractivity contribution in [2.24, 2.45) is 0 Å². The van der Waals surface area contributed by atoms with Crippen molar-refractivity contribution in [2.75, 3.05) is 6.54 Å². The van der Waals surface area contributed by atoms with E-state index >= 15 is 0 Å². The Morgan fingerprint density at radius 1 is 1.10 bits per heavy atom. The number of hydrogen-bond acceptors (Lipinski definition) is 7. The quantitative estimate of drug-likeness (QED) is 0.276. The van der Waals surface area contributed by atoms with Gasteiger partial charge >= 0.3 is 5.97 Å². The number of carbonyl (C=O) groups is 2. The van der Waals surface area contributed by atoms with E-state index in [4.69, 9.17) is 17.3 Å². The first kappa shape index (κ1) is 21.6. The van der Waals surface area contributed by atoms with Crippen molar-refractivity contribution < 1.29 is 14.7 Å². The van der Waals surface area contributed by atoms with E-state index in [-0.39, 0.29) is 12.3 Å². The van der Waals surface area contributed by atoms with Crippen LogP contribution in [0, 0.1) is 0 Å². The second-order valence-corrected chi connectivity index (χ2v) is 9.65. The number of aromatic nitrogens is 2. The summed E-state index contributed by atoms with van der Waals surface area (Å²) in [5, 5.41) is 10.8. The molecule has 9 heteroatoms. The van der Waals surface area contributed by atoms with Gasteiger partial charge in [0.05, 0.1) is 15.9 Å². The lowest BCUT2D eigenvalue weighted by Crippen LogP contribution is -2.29. The maximum Gasteiger partial charge on any atom is 0.303 e. The summed E-state index contributed by atoms with van der Waals surface area (Å²) >= 11 is 8.27. The van der Waals surface area contributed by atoms with Gasteiger partial charge in [-0.05, 0) is 53.6 Å². The monoisotopic (exact) mass is 469 g/mol. The van der Waals surface area contributed by atoms with Gasteiger partial charge in [-0.15, -0.1) is 11.3 Å². The van der Waals surface area contributed by atoms with Crippen molar-refractivity contribution in [3.63, 3.8) is 0 Å². The third-order valence-corrected chi connectivity index (χ3v) is 7.10. The minimum atomic E-state index is -0.791. The molecule has 1 N–H and O–H groups in total. The molecule has 3 aromatic rings. The molecular weight excluding hydrogens is 450 g/mol. The Bertz CT molecular complexity index is 1190. The van der Waals surface area contributed by atoms with E-state index < -0.39 is 5.97 Å². The van der Waals surface area contributed by atoms with E-state index in [2.05, 4.69) is 21.4 Å². The molecule has 0 spiro atoms. The van der Waals surface area contributed by atoms with Crippen molar-refractivity contribution in [3.05, 3.63) is 51.8 Å². The molecule has 2 aromatic heterocycles. The van der Waals surface area contributed by atoms with Gasteiger partial charge in [-0.3, -0.25) is 24.5 Å². The number of carboxylic acids is 1. The van der Waals surface area contributed by atoms with Crippen LogP contribution in [-0.2, 0) is 9.59 Å². The van der Waals surface area contributed by atoms with E-state index in [0.29, 0.717) is 22.2 Å². The highest BCUT2D eigenvalue weighted by Crippen LogP contribution is 2.35. The molecule has 1 saturated heterocycles. The third kappa shape index (κ3) is 5.17. The molecule has 0 bridgehead atoms. The number of carboxylic acid groups (broad SMARTS) is 1. The minimum absolute atomic E-state index is 0.0795. The Balaban J connectivity index is 1.43. The summed E-state index contributed by atoms with van der Waals surface area (Å²) < 4.78 is 0.555. The lowest BCUT2D eigenvalue weighted by Gasteiger charge is -2.13. The average Bonchev–Trinajstić information content (AvgIpc) is 3.33. The fraction of sp³-hybridized carbons (Fsp3) is 0.227. The number of thioether (sulfide) groups is 1. The SMILES string of the molecule is O=C(O)CCCCCN1C(=O)/C(=C/c2cc(-c3ccc4nccnc4c3)cs2)SC1=S. The van der Waals surface area contributed by atoms with Crippen molar-refractivity contribution in [1.82, 2.24) is 14.9 Å². The van der Waals surface area contributed by atoms with Gasteiger partial charge in [0.25, 0.3) is 5.91 Å². The van der Waals surface area contributed by atoms with Crippen LogP contribution in [0.15, 0.2) is 46.9 Å². The van der Waals surface area contributed by atoms with Crippen LogP contribution >= 0.6 is 35.3 Å². The van der Waals surface area contributed by atoms with Gasteiger partial charge in [-0.25, -0.2) is 0 Å². The number of unbranched alkanes of at least 4 members (excludes halogenated alkanes) is 2.